The van der Waals surface area contributed by atoms with Crippen LogP contribution in [-0.4, -0.2) is 48.0 Å². The monoisotopic (exact) mass is 453 g/mol. The van der Waals surface area contributed by atoms with Crippen LogP contribution in [0.5, 0.6) is 11.5 Å². The minimum Gasteiger partial charge on any atom is -0.486 e. The lowest BCUT2D eigenvalue weighted by Crippen LogP contribution is -2.47. The average molecular weight is 454 g/mol. The highest BCUT2D eigenvalue weighted by Gasteiger charge is 2.50. The Morgan fingerprint density at radius 1 is 1.18 bits per heavy atom. The molecule has 0 aromatic heterocycles. The molecule has 28 heavy (non-hydrogen) atoms. The lowest BCUT2D eigenvalue weighted by molar-refractivity contribution is -0.134. The van der Waals surface area contributed by atoms with Gasteiger partial charge in [-0.1, -0.05) is 26.7 Å². The van der Waals surface area contributed by atoms with E-state index in [1.165, 1.54) is 0 Å². The molecule has 2 aliphatic heterocycles. The molecule has 4 amide bonds. The summed E-state index contributed by atoms with van der Waals surface area (Å²) in [5.41, 5.74) is -0.423. The van der Waals surface area contributed by atoms with Gasteiger partial charge in [0.15, 0.2) is 11.5 Å². The van der Waals surface area contributed by atoms with Crippen molar-refractivity contribution in [3.8, 4) is 11.5 Å². The van der Waals surface area contributed by atoms with E-state index in [4.69, 9.17) is 9.47 Å². The Labute approximate surface area is 172 Å². The van der Waals surface area contributed by atoms with Crippen molar-refractivity contribution >= 4 is 39.5 Å². The summed E-state index contributed by atoms with van der Waals surface area (Å²) >= 11 is 3.39. The van der Waals surface area contributed by atoms with E-state index in [-0.39, 0.29) is 12.5 Å². The predicted molar refractivity (Wildman–Crippen MR) is 107 cm³/mol. The highest BCUT2D eigenvalue weighted by molar-refractivity contribution is 9.10. The Morgan fingerprint density at radius 3 is 2.39 bits per heavy atom. The maximum atomic E-state index is 12.9. The topological polar surface area (TPSA) is 97.0 Å². The van der Waals surface area contributed by atoms with Crippen molar-refractivity contribution in [1.29, 1.82) is 0 Å². The Hall–Kier alpha value is -2.29. The first-order valence-electron chi connectivity index (χ1n) is 9.43. The van der Waals surface area contributed by atoms with E-state index in [0.29, 0.717) is 47.7 Å². The first kappa shape index (κ1) is 20.4. The van der Waals surface area contributed by atoms with E-state index < -0.39 is 17.5 Å². The number of nitrogens with zero attached hydrogens (tertiary/aromatic N) is 1. The van der Waals surface area contributed by atoms with Crippen molar-refractivity contribution in [2.24, 2.45) is 0 Å². The molecule has 2 N–H and O–H groups in total. The zero-order valence-corrected chi connectivity index (χ0v) is 17.6. The number of hydrogen-bond donors (Lipinski definition) is 2. The van der Waals surface area contributed by atoms with Gasteiger partial charge in [-0.15, -0.1) is 0 Å². The Bertz CT molecular complexity index is 792. The Morgan fingerprint density at radius 2 is 1.79 bits per heavy atom. The largest absolute Gasteiger partial charge is 0.486 e. The van der Waals surface area contributed by atoms with E-state index in [9.17, 15) is 14.4 Å². The van der Waals surface area contributed by atoms with Gasteiger partial charge in [0.2, 0.25) is 5.91 Å². The quantitative estimate of drug-likeness (QED) is 0.618. The smallest absolute Gasteiger partial charge is 0.325 e. The number of benzene rings is 1. The lowest BCUT2D eigenvalue weighted by Gasteiger charge is -2.25. The third kappa shape index (κ3) is 3.94. The van der Waals surface area contributed by atoms with Gasteiger partial charge in [-0.2, -0.15) is 0 Å². The summed E-state index contributed by atoms with van der Waals surface area (Å²) < 4.78 is 11.6. The van der Waals surface area contributed by atoms with Gasteiger partial charge in [0.1, 0.15) is 25.3 Å². The van der Waals surface area contributed by atoms with Crippen LogP contribution in [-0.2, 0) is 9.59 Å². The van der Waals surface area contributed by atoms with Crippen LogP contribution < -0.4 is 20.1 Å². The third-order valence-corrected chi connectivity index (χ3v) is 5.46. The predicted octanol–water partition coefficient (Wildman–Crippen LogP) is 3.05. The van der Waals surface area contributed by atoms with Gasteiger partial charge in [-0.3, -0.25) is 14.5 Å². The molecule has 0 aliphatic carbocycles. The number of halogens is 1. The molecule has 1 fully saturated rings. The van der Waals surface area contributed by atoms with Crippen LogP contribution in [0, 0.1) is 0 Å². The maximum Gasteiger partial charge on any atom is 0.325 e. The van der Waals surface area contributed by atoms with Gasteiger partial charge in [-0.25, -0.2) is 4.79 Å². The molecule has 2 heterocycles. The fourth-order valence-corrected chi connectivity index (χ4v) is 4.05. The molecule has 3 rings (SSSR count). The molecule has 0 saturated carbocycles. The molecule has 152 valence electrons. The van der Waals surface area contributed by atoms with Crippen LogP contribution in [0.2, 0.25) is 0 Å². The molecule has 9 heteroatoms. The van der Waals surface area contributed by atoms with E-state index in [2.05, 4.69) is 26.6 Å². The zero-order chi connectivity index (χ0) is 20.3. The van der Waals surface area contributed by atoms with Crippen LogP contribution in [0.1, 0.15) is 39.5 Å². The summed E-state index contributed by atoms with van der Waals surface area (Å²) in [5.74, 6) is 0.320. The van der Waals surface area contributed by atoms with Crippen LogP contribution in [0.25, 0.3) is 0 Å². The number of carbonyl (C=O) groups is 3. The van der Waals surface area contributed by atoms with Gasteiger partial charge < -0.3 is 20.1 Å². The summed E-state index contributed by atoms with van der Waals surface area (Å²) in [6, 6.07) is 2.84. The second-order valence-corrected chi connectivity index (χ2v) is 7.78. The Balaban J connectivity index is 1.71. The van der Waals surface area contributed by atoms with Gasteiger partial charge in [-0.05, 0) is 28.8 Å². The molecule has 0 unspecified atom stereocenters. The van der Waals surface area contributed by atoms with Crippen molar-refractivity contribution in [3.63, 3.8) is 0 Å². The highest BCUT2D eigenvalue weighted by atomic mass is 79.9. The number of rotatable bonds is 7. The number of urea groups is 1. The number of imide groups is 1. The second kappa shape index (κ2) is 8.38. The van der Waals surface area contributed by atoms with Gasteiger partial charge >= 0.3 is 6.03 Å². The first-order chi connectivity index (χ1) is 13.4. The number of nitrogens with one attached hydrogen (secondary N) is 2. The van der Waals surface area contributed by atoms with Crippen molar-refractivity contribution in [3.05, 3.63) is 16.6 Å². The molecule has 1 saturated heterocycles. The van der Waals surface area contributed by atoms with Crippen molar-refractivity contribution in [2.45, 2.75) is 45.1 Å². The third-order valence-electron chi connectivity index (χ3n) is 4.81. The molecular formula is C19H24BrN3O5. The number of ether oxygens (including phenoxy) is 2. The maximum absolute atomic E-state index is 12.9. The standard InChI is InChI=1S/C19H24BrN3O5/c1-3-5-19(6-4-2)17(25)23(18(26)22-19)11-16(24)21-13-10-15-14(9-12(13)20)27-7-8-28-15/h9-10H,3-8,11H2,1-2H3,(H,21,24)(H,22,26). The Kier molecular flexibility index (Phi) is 6.12. The molecule has 0 atom stereocenters. The highest BCUT2D eigenvalue weighted by Crippen LogP contribution is 2.38. The molecule has 0 spiro atoms. The summed E-state index contributed by atoms with van der Waals surface area (Å²) in [6.45, 7) is 4.48. The molecule has 1 aromatic rings. The van der Waals surface area contributed by atoms with Gasteiger partial charge in [0.25, 0.3) is 5.91 Å². The van der Waals surface area contributed by atoms with Crippen LogP contribution in [0.3, 0.4) is 0 Å². The molecule has 2 aliphatic rings. The normalized spacial score (nSPS) is 17.5. The van der Waals surface area contributed by atoms with E-state index in [0.717, 1.165) is 17.7 Å². The van der Waals surface area contributed by atoms with Crippen LogP contribution in [0.15, 0.2) is 16.6 Å². The van der Waals surface area contributed by atoms with E-state index >= 15 is 0 Å². The molecular weight excluding hydrogens is 430 g/mol. The SMILES string of the molecule is CCCC1(CCC)NC(=O)N(CC(=O)Nc2cc3c(cc2Br)OCCO3)C1=O. The molecule has 0 bridgehead atoms. The summed E-state index contributed by atoms with van der Waals surface area (Å²) in [4.78, 5) is 38.8. The van der Waals surface area contributed by atoms with E-state index in [1.807, 2.05) is 13.8 Å². The summed E-state index contributed by atoms with van der Waals surface area (Å²) in [6.07, 6.45) is 2.63. The van der Waals surface area contributed by atoms with Crippen molar-refractivity contribution in [2.75, 3.05) is 25.1 Å². The number of carbonyl (C=O) groups excluding carboxylic acids is 3. The fraction of sp³-hybridized carbons (Fsp3) is 0.526. The second-order valence-electron chi connectivity index (χ2n) is 6.93. The number of anilines is 1. The molecule has 0 radical (unpaired) electrons. The van der Waals surface area contributed by atoms with Gasteiger partial charge in [0.05, 0.1) is 5.69 Å². The van der Waals surface area contributed by atoms with Crippen LogP contribution >= 0.6 is 15.9 Å². The van der Waals surface area contributed by atoms with Crippen molar-refractivity contribution in [1.82, 2.24) is 10.2 Å². The van der Waals surface area contributed by atoms with Crippen molar-refractivity contribution < 1.29 is 23.9 Å². The zero-order valence-electron chi connectivity index (χ0n) is 16.0. The van der Waals surface area contributed by atoms with Crippen LogP contribution in [0.4, 0.5) is 10.5 Å². The lowest BCUT2D eigenvalue weighted by atomic mass is 9.88. The summed E-state index contributed by atoms with van der Waals surface area (Å²) in [7, 11) is 0. The summed E-state index contributed by atoms with van der Waals surface area (Å²) in [5, 5.41) is 5.53. The minimum absolute atomic E-state index is 0.336. The number of hydrogen-bond acceptors (Lipinski definition) is 5. The number of fused-ring (bicyclic) bond motifs is 1. The number of amides is 4. The molecule has 1 aromatic carbocycles. The minimum atomic E-state index is -0.904. The first-order valence-corrected chi connectivity index (χ1v) is 10.2. The van der Waals surface area contributed by atoms with Gasteiger partial charge in [0, 0.05) is 16.6 Å². The van der Waals surface area contributed by atoms with E-state index in [1.54, 1.807) is 12.1 Å². The fourth-order valence-electron chi connectivity index (χ4n) is 3.63. The average Bonchev–Trinajstić information content (AvgIpc) is 2.87. The molecule has 8 nitrogen and oxygen atoms in total.